The third-order valence-electron chi connectivity index (χ3n) is 7.28. The number of aryl methyl sites for hydroxylation is 1. The summed E-state index contributed by atoms with van der Waals surface area (Å²) in [6.45, 7) is 8.63. The van der Waals surface area contributed by atoms with Gasteiger partial charge >= 0.3 is 0 Å². The summed E-state index contributed by atoms with van der Waals surface area (Å²) in [5.41, 5.74) is 5.44. The Kier molecular flexibility index (Phi) is 6.91. The van der Waals surface area contributed by atoms with Crippen LogP contribution in [0, 0.1) is 0 Å². The molecule has 180 valence electrons. The fourth-order valence-electron chi connectivity index (χ4n) is 5.25. The van der Waals surface area contributed by atoms with E-state index in [0.717, 1.165) is 44.0 Å². The number of amides is 1. The number of benzene rings is 1. The lowest BCUT2D eigenvalue weighted by Crippen LogP contribution is -2.46. The van der Waals surface area contributed by atoms with Gasteiger partial charge in [0.25, 0.3) is 5.91 Å². The summed E-state index contributed by atoms with van der Waals surface area (Å²) in [5.74, 6) is 0.695. The molecule has 0 saturated carbocycles. The molecule has 1 N–H and O–H groups in total. The summed E-state index contributed by atoms with van der Waals surface area (Å²) in [4.78, 5) is 19.5. The lowest BCUT2D eigenvalue weighted by Gasteiger charge is -2.39. The second-order valence-corrected chi connectivity index (χ2v) is 11.1. The van der Waals surface area contributed by atoms with Crippen molar-refractivity contribution in [3.8, 4) is 0 Å². The van der Waals surface area contributed by atoms with Crippen molar-refractivity contribution in [2.45, 2.75) is 51.5 Å². The van der Waals surface area contributed by atoms with Crippen LogP contribution in [0.4, 0.5) is 5.00 Å². The molecule has 0 radical (unpaired) electrons. The zero-order valence-electron chi connectivity index (χ0n) is 20.5. The number of nitrogens with one attached hydrogen (secondary N) is 1. The van der Waals surface area contributed by atoms with E-state index in [2.05, 4.69) is 60.3 Å². The van der Waals surface area contributed by atoms with Crippen molar-refractivity contribution in [1.82, 2.24) is 9.80 Å². The van der Waals surface area contributed by atoms with Crippen LogP contribution in [0.25, 0.3) is 0 Å². The van der Waals surface area contributed by atoms with Gasteiger partial charge in [-0.05, 0) is 67.5 Å². The molecule has 1 fully saturated rings. The van der Waals surface area contributed by atoms with Gasteiger partial charge in [-0.25, -0.2) is 0 Å². The number of carbonyl (C=O) groups is 1. The van der Waals surface area contributed by atoms with E-state index in [4.69, 9.17) is 4.42 Å². The first-order chi connectivity index (χ1) is 16.5. The van der Waals surface area contributed by atoms with Gasteiger partial charge in [0.1, 0.15) is 5.00 Å². The van der Waals surface area contributed by atoms with Crippen LogP contribution in [-0.4, -0.2) is 48.9 Å². The van der Waals surface area contributed by atoms with Gasteiger partial charge in [0.15, 0.2) is 5.76 Å². The summed E-state index contributed by atoms with van der Waals surface area (Å²) in [5, 5.41) is 4.24. The summed E-state index contributed by atoms with van der Waals surface area (Å²) >= 11 is 1.77. The number of rotatable bonds is 6. The molecule has 5 nitrogen and oxygen atoms in total. The minimum absolute atomic E-state index is 0.139. The van der Waals surface area contributed by atoms with Gasteiger partial charge in [-0.1, -0.05) is 38.1 Å². The van der Waals surface area contributed by atoms with Gasteiger partial charge < -0.3 is 14.6 Å². The van der Waals surface area contributed by atoms with E-state index in [1.54, 1.807) is 29.7 Å². The maximum absolute atomic E-state index is 13.0. The molecule has 0 bridgehead atoms. The van der Waals surface area contributed by atoms with Crippen molar-refractivity contribution in [3.63, 3.8) is 0 Å². The van der Waals surface area contributed by atoms with Gasteiger partial charge in [0.05, 0.1) is 12.3 Å². The highest BCUT2D eigenvalue weighted by atomic mass is 32.1. The number of furan rings is 1. The van der Waals surface area contributed by atoms with Crippen LogP contribution >= 0.6 is 11.3 Å². The minimum Gasteiger partial charge on any atom is -0.459 e. The summed E-state index contributed by atoms with van der Waals surface area (Å²) in [6.07, 6.45) is 6.18. The highest BCUT2D eigenvalue weighted by Crippen LogP contribution is 2.46. The zero-order chi connectivity index (χ0) is 23.7. The molecule has 1 aliphatic heterocycles. The van der Waals surface area contributed by atoms with Crippen LogP contribution in [0.15, 0.2) is 47.1 Å². The molecule has 34 heavy (non-hydrogen) atoms. The topological polar surface area (TPSA) is 48.7 Å². The fourth-order valence-corrected chi connectivity index (χ4v) is 6.56. The summed E-state index contributed by atoms with van der Waals surface area (Å²) in [6, 6.07) is 12.8. The van der Waals surface area contributed by atoms with E-state index in [-0.39, 0.29) is 11.9 Å². The average molecular weight is 478 g/mol. The molecular weight excluding hydrogens is 442 g/mol. The second kappa shape index (κ2) is 10.1. The highest BCUT2D eigenvalue weighted by Gasteiger charge is 2.33. The largest absolute Gasteiger partial charge is 0.459 e. The number of thiophene rings is 1. The number of nitrogens with zero attached hydrogens (tertiary/aromatic N) is 2. The third kappa shape index (κ3) is 4.72. The predicted octanol–water partition coefficient (Wildman–Crippen LogP) is 5.93. The van der Waals surface area contributed by atoms with E-state index in [9.17, 15) is 4.79 Å². The first-order valence-corrected chi connectivity index (χ1v) is 13.3. The number of hydrogen-bond donors (Lipinski definition) is 1. The minimum atomic E-state index is -0.169. The fraction of sp³-hybridized carbons (Fsp3) is 0.464. The molecule has 1 amide bonds. The van der Waals surface area contributed by atoms with Gasteiger partial charge in [0, 0.05) is 36.6 Å². The SMILES string of the molecule is CC(C)c1ccc([C@H](c2c(NC(=O)c3ccco3)sc3c2CCCC3)N2CCN(C)CC2)cc1. The Balaban J connectivity index is 1.59. The first kappa shape index (κ1) is 23.3. The van der Waals surface area contributed by atoms with E-state index in [0.29, 0.717) is 11.7 Å². The normalized spacial score (nSPS) is 18.1. The molecule has 6 heteroatoms. The van der Waals surface area contributed by atoms with E-state index < -0.39 is 0 Å². The first-order valence-electron chi connectivity index (χ1n) is 12.5. The predicted molar refractivity (Wildman–Crippen MR) is 139 cm³/mol. The summed E-state index contributed by atoms with van der Waals surface area (Å²) in [7, 11) is 2.20. The Morgan fingerprint density at radius 1 is 1.00 bits per heavy atom. The van der Waals surface area contributed by atoms with Gasteiger partial charge in [-0.2, -0.15) is 0 Å². The van der Waals surface area contributed by atoms with Crippen LogP contribution in [0.1, 0.15) is 76.3 Å². The Hall–Kier alpha value is -2.41. The zero-order valence-corrected chi connectivity index (χ0v) is 21.3. The van der Waals surface area contributed by atoms with Crippen molar-refractivity contribution in [2.75, 3.05) is 38.5 Å². The van der Waals surface area contributed by atoms with Crippen LogP contribution in [0.5, 0.6) is 0 Å². The maximum Gasteiger partial charge on any atom is 0.291 e. The van der Waals surface area contributed by atoms with Crippen LogP contribution in [0.3, 0.4) is 0 Å². The Morgan fingerprint density at radius 2 is 1.71 bits per heavy atom. The molecule has 1 atom stereocenters. The quantitative estimate of drug-likeness (QED) is 0.478. The van der Waals surface area contributed by atoms with Crippen molar-refractivity contribution in [2.24, 2.45) is 0 Å². The molecule has 2 aromatic heterocycles. The van der Waals surface area contributed by atoms with Crippen molar-refractivity contribution in [3.05, 3.63) is 75.6 Å². The standard InChI is InChI=1S/C28H35N3O2S/c1-19(2)20-10-12-21(13-11-20)26(31-16-14-30(3)15-17-31)25-22-7-4-5-9-24(22)34-28(25)29-27(32)23-8-6-18-33-23/h6,8,10-13,18-19,26H,4-5,7,9,14-17H2,1-3H3,(H,29,32)/t26-/m1/s1. The third-order valence-corrected chi connectivity index (χ3v) is 8.50. The number of hydrogen-bond acceptors (Lipinski definition) is 5. The Bertz CT molecular complexity index is 1110. The van der Waals surface area contributed by atoms with Crippen LogP contribution in [0.2, 0.25) is 0 Å². The second-order valence-electron chi connectivity index (χ2n) is 9.95. The smallest absolute Gasteiger partial charge is 0.291 e. The molecule has 3 aromatic rings. The van der Waals surface area contributed by atoms with E-state index in [1.165, 1.54) is 40.0 Å². The maximum atomic E-state index is 13.0. The average Bonchev–Trinajstić information content (AvgIpc) is 3.50. The summed E-state index contributed by atoms with van der Waals surface area (Å²) < 4.78 is 5.39. The van der Waals surface area contributed by atoms with Gasteiger partial charge in [-0.3, -0.25) is 9.69 Å². The molecule has 3 heterocycles. The molecule has 1 aromatic carbocycles. The van der Waals surface area contributed by atoms with Crippen LogP contribution in [-0.2, 0) is 12.8 Å². The number of carbonyl (C=O) groups excluding carboxylic acids is 1. The van der Waals surface area contributed by atoms with Crippen molar-refractivity contribution in [1.29, 1.82) is 0 Å². The van der Waals surface area contributed by atoms with Gasteiger partial charge in [0.2, 0.25) is 0 Å². The monoisotopic (exact) mass is 477 g/mol. The molecule has 1 saturated heterocycles. The number of anilines is 1. The van der Waals surface area contributed by atoms with Crippen LogP contribution < -0.4 is 5.32 Å². The van der Waals surface area contributed by atoms with E-state index >= 15 is 0 Å². The Morgan fingerprint density at radius 3 is 2.38 bits per heavy atom. The molecule has 0 unspecified atom stereocenters. The van der Waals surface area contributed by atoms with E-state index in [1.807, 2.05) is 0 Å². The van der Waals surface area contributed by atoms with Crippen molar-refractivity contribution >= 4 is 22.2 Å². The molecule has 0 spiro atoms. The number of piperazine rings is 1. The molecular formula is C28H35N3O2S. The molecule has 1 aliphatic carbocycles. The Labute approximate surface area is 206 Å². The lowest BCUT2D eigenvalue weighted by molar-refractivity contribution is 0.0996. The molecule has 2 aliphatic rings. The number of fused-ring (bicyclic) bond motifs is 1. The number of likely N-dealkylation sites (N-methyl/N-ethyl adjacent to an activating group) is 1. The van der Waals surface area contributed by atoms with Gasteiger partial charge in [-0.15, -0.1) is 11.3 Å². The lowest BCUT2D eigenvalue weighted by atomic mass is 9.87. The highest BCUT2D eigenvalue weighted by molar-refractivity contribution is 7.16. The van der Waals surface area contributed by atoms with Crippen molar-refractivity contribution < 1.29 is 9.21 Å². The molecule has 5 rings (SSSR count).